The van der Waals surface area contributed by atoms with Gasteiger partial charge in [-0.3, -0.25) is 9.36 Å². The van der Waals surface area contributed by atoms with Gasteiger partial charge in [0.05, 0.1) is 13.7 Å². The second kappa shape index (κ2) is 9.37. The molecule has 29 heavy (non-hydrogen) atoms. The van der Waals surface area contributed by atoms with Gasteiger partial charge in [0, 0.05) is 29.1 Å². The minimum absolute atomic E-state index is 0.0657. The van der Waals surface area contributed by atoms with Crippen LogP contribution in [0.25, 0.3) is 10.8 Å². The third kappa shape index (κ3) is 4.65. The van der Waals surface area contributed by atoms with Crippen LogP contribution < -0.4 is 20.8 Å². The number of nitrogens with zero attached hydrogens (tertiary/aromatic N) is 1. The number of benzene rings is 2. The van der Waals surface area contributed by atoms with E-state index in [-0.39, 0.29) is 11.4 Å². The molecular weight excluding hydrogens is 368 g/mol. The number of aryl methyl sites for hydroxylation is 1. The first kappa shape index (κ1) is 20.6. The molecule has 2 aromatic carbocycles. The van der Waals surface area contributed by atoms with E-state index >= 15 is 0 Å². The molecule has 3 rings (SSSR count). The van der Waals surface area contributed by atoms with Crippen molar-refractivity contribution in [2.45, 2.75) is 39.2 Å². The molecule has 0 aliphatic carbocycles. The molecule has 0 radical (unpaired) electrons. The van der Waals surface area contributed by atoms with E-state index in [0.717, 1.165) is 24.8 Å². The van der Waals surface area contributed by atoms with Crippen LogP contribution in [-0.2, 0) is 13.0 Å². The molecule has 0 fully saturated rings. The minimum atomic E-state index is -0.280. The fourth-order valence-corrected chi connectivity index (χ4v) is 3.35. The van der Waals surface area contributed by atoms with Crippen molar-refractivity contribution in [1.29, 1.82) is 0 Å². The number of unbranched alkanes of at least 4 members (excludes halogenated alkanes) is 2. The Morgan fingerprint density at radius 2 is 1.83 bits per heavy atom. The maximum Gasteiger partial charge on any atom is 0.254 e. The molecule has 1 heterocycles. The number of rotatable bonds is 9. The molecule has 154 valence electrons. The van der Waals surface area contributed by atoms with Crippen molar-refractivity contribution in [2.24, 2.45) is 0 Å². The molecule has 1 aromatic heterocycles. The van der Waals surface area contributed by atoms with E-state index in [9.17, 15) is 9.90 Å². The molecule has 0 amide bonds. The van der Waals surface area contributed by atoms with E-state index in [1.165, 1.54) is 10.6 Å². The summed E-state index contributed by atoms with van der Waals surface area (Å²) in [4.78, 5) is 12.7. The van der Waals surface area contributed by atoms with Crippen LogP contribution in [0, 0.1) is 0 Å². The van der Waals surface area contributed by atoms with E-state index in [4.69, 9.17) is 15.2 Å². The number of hydrogen-bond donors (Lipinski definition) is 2. The lowest BCUT2D eigenvalue weighted by Crippen LogP contribution is -2.20. The molecule has 0 saturated heterocycles. The molecule has 3 aromatic rings. The van der Waals surface area contributed by atoms with E-state index in [2.05, 4.69) is 6.92 Å². The number of nitrogen functional groups attached to an aromatic ring is 1. The van der Waals surface area contributed by atoms with Crippen molar-refractivity contribution in [1.82, 2.24) is 4.57 Å². The van der Waals surface area contributed by atoms with Crippen LogP contribution in [0.1, 0.15) is 31.7 Å². The smallest absolute Gasteiger partial charge is 0.254 e. The van der Waals surface area contributed by atoms with E-state index in [1.807, 2.05) is 24.3 Å². The summed E-state index contributed by atoms with van der Waals surface area (Å²) < 4.78 is 12.7. The average molecular weight is 396 g/mol. The molecule has 0 unspecified atom stereocenters. The molecule has 0 saturated carbocycles. The van der Waals surface area contributed by atoms with Crippen molar-refractivity contribution < 1.29 is 14.6 Å². The van der Waals surface area contributed by atoms with Crippen LogP contribution in [0.15, 0.2) is 47.3 Å². The Morgan fingerprint density at radius 1 is 1.07 bits per heavy atom. The van der Waals surface area contributed by atoms with Crippen LogP contribution in [-0.4, -0.2) is 23.4 Å². The summed E-state index contributed by atoms with van der Waals surface area (Å²) >= 11 is 0. The third-order valence-electron chi connectivity index (χ3n) is 5.01. The SMILES string of the molecule is CCCCCOc1c(OC)ccc2c(O)n(CCc3ccc(N)cc3)c(=O)cc12. The van der Waals surface area contributed by atoms with Gasteiger partial charge in [0.1, 0.15) is 0 Å². The van der Waals surface area contributed by atoms with Gasteiger partial charge in [0.2, 0.25) is 5.88 Å². The van der Waals surface area contributed by atoms with Crippen LogP contribution >= 0.6 is 0 Å². The van der Waals surface area contributed by atoms with Gasteiger partial charge in [-0.15, -0.1) is 0 Å². The van der Waals surface area contributed by atoms with Gasteiger partial charge in [-0.2, -0.15) is 0 Å². The Morgan fingerprint density at radius 3 is 2.52 bits per heavy atom. The quantitative estimate of drug-likeness (QED) is 0.420. The lowest BCUT2D eigenvalue weighted by molar-refractivity contribution is 0.289. The Balaban J connectivity index is 1.93. The van der Waals surface area contributed by atoms with Crippen LogP contribution in [0.5, 0.6) is 17.4 Å². The average Bonchev–Trinajstić information content (AvgIpc) is 2.72. The lowest BCUT2D eigenvalue weighted by atomic mass is 10.1. The summed E-state index contributed by atoms with van der Waals surface area (Å²) in [6.45, 7) is 3.02. The number of fused-ring (bicyclic) bond motifs is 1. The number of nitrogens with two attached hydrogens (primary N) is 1. The number of hydrogen-bond acceptors (Lipinski definition) is 5. The zero-order valence-corrected chi connectivity index (χ0v) is 17.0. The second-order valence-corrected chi connectivity index (χ2v) is 7.06. The molecule has 0 spiro atoms. The number of anilines is 1. The molecule has 0 atom stereocenters. The van der Waals surface area contributed by atoms with E-state index in [0.29, 0.717) is 47.5 Å². The fourth-order valence-electron chi connectivity index (χ4n) is 3.35. The van der Waals surface area contributed by atoms with Gasteiger partial charge in [-0.1, -0.05) is 31.9 Å². The Labute approximate surface area is 170 Å². The predicted octanol–water partition coefficient (Wildman–Crippen LogP) is 4.11. The Kier molecular flexibility index (Phi) is 6.65. The minimum Gasteiger partial charge on any atom is -0.494 e. The highest BCUT2D eigenvalue weighted by Crippen LogP contribution is 2.38. The number of methoxy groups -OCH3 is 1. The molecule has 6 nitrogen and oxygen atoms in total. The maximum atomic E-state index is 12.7. The normalized spacial score (nSPS) is 11.0. The first-order chi connectivity index (χ1) is 14.0. The number of aromatic nitrogens is 1. The van der Waals surface area contributed by atoms with Crippen molar-refractivity contribution in [2.75, 3.05) is 19.5 Å². The van der Waals surface area contributed by atoms with Crippen molar-refractivity contribution in [3.63, 3.8) is 0 Å². The molecule has 3 N–H and O–H groups in total. The standard InChI is InChI=1S/C23H28N2O4/c1-3-4-5-14-29-22-19-15-21(26)25(13-12-16-6-8-17(24)9-7-16)23(27)18(19)10-11-20(22)28-2/h6-11,15,27H,3-5,12-14,24H2,1-2H3. The molecule has 0 aliphatic rings. The van der Waals surface area contributed by atoms with Gasteiger partial charge in [-0.25, -0.2) is 0 Å². The fraction of sp³-hybridized carbons (Fsp3) is 0.348. The largest absolute Gasteiger partial charge is 0.494 e. The molecule has 0 bridgehead atoms. The van der Waals surface area contributed by atoms with E-state index < -0.39 is 0 Å². The van der Waals surface area contributed by atoms with Crippen molar-refractivity contribution in [3.05, 3.63) is 58.4 Å². The number of pyridine rings is 1. The monoisotopic (exact) mass is 396 g/mol. The Hall–Kier alpha value is -3.15. The molecule has 6 heteroatoms. The Bertz CT molecular complexity index is 1030. The molecular formula is C23H28N2O4. The van der Waals surface area contributed by atoms with E-state index in [1.54, 1.807) is 19.2 Å². The number of ether oxygens (including phenoxy) is 2. The number of aromatic hydroxyl groups is 1. The van der Waals surface area contributed by atoms with Crippen LogP contribution in [0.4, 0.5) is 5.69 Å². The highest BCUT2D eigenvalue weighted by molar-refractivity contribution is 5.93. The van der Waals surface area contributed by atoms with Gasteiger partial charge in [0.25, 0.3) is 5.56 Å². The van der Waals surface area contributed by atoms with Gasteiger partial charge >= 0.3 is 0 Å². The molecule has 0 aliphatic heterocycles. The highest BCUT2D eigenvalue weighted by atomic mass is 16.5. The summed E-state index contributed by atoms with van der Waals surface area (Å²) in [7, 11) is 1.56. The summed E-state index contributed by atoms with van der Waals surface area (Å²) in [5, 5.41) is 11.9. The van der Waals surface area contributed by atoms with Crippen molar-refractivity contribution in [3.8, 4) is 17.4 Å². The van der Waals surface area contributed by atoms with Gasteiger partial charge in [0.15, 0.2) is 11.5 Å². The maximum absolute atomic E-state index is 12.7. The summed E-state index contributed by atoms with van der Waals surface area (Å²) in [6, 6.07) is 12.5. The second-order valence-electron chi connectivity index (χ2n) is 7.06. The van der Waals surface area contributed by atoms with Gasteiger partial charge in [-0.05, 0) is 42.7 Å². The van der Waals surface area contributed by atoms with Crippen LogP contribution in [0.2, 0.25) is 0 Å². The highest BCUT2D eigenvalue weighted by Gasteiger charge is 2.16. The first-order valence-electron chi connectivity index (χ1n) is 9.96. The summed E-state index contributed by atoms with van der Waals surface area (Å²) in [5.74, 6) is 0.982. The van der Waals surface area contributed by atoms with Crippen molar-refractivity contribution >= 4 is 16.5 Å². The topological polar surface area (TPSA) is 86.7 Å². The zero-order chi connectivity index (χ0) is 20.8. The zero-order valence-electron chi connectivity index (χ0n) is 17.0. The predicted molar refractivity (Wildman–Crippen MR) is 116 cm³/mol. The third-order valence-corrected chi connectivity index (χ3v) is 5.01. The summed E-state index contributed by atoms with van der Waals surface area (Å²) in [6.07, 6.45) is 3.68. The van der Waals surface area contributed by atoms with Gasteiger partial charge < -0.3 is 20.3 Å². The lowest BCUT2D eigenvalue weighted by Gasteiger charge is -2.16. The first-order valence-corrected chi connectivity index (χ1v) is 9.96. The summed E-state index contributed by atoms with van der Waals surface area (Å²) in [5.41, 5.74) is 7.17. The van der Waals surface area contributed by atoms with Crippen LogP contribution in [0.3, 0.4) is 0 Å².